The molecule has 1 unspecified atom stereocenters. The number of amides is 1. The second-order valence-corrected chi connectivity index (χ2v) is 3.58. The number of halogens is 1. The first-order valence-corrected chi connectivity index (χ1v) is 5.43. The van der Waals surface area contributed by atoms with Gasteiger partial charge < -0.3 is 15.4 Å². The van der Waals surface area contributed by atoms with Crippen LogP contribution in [-0.4, -0.2) is 31.6 Å². The number of carbonyl (C=O) groups excluding carboxylic acids is 2. The van der Waals surface area contributed by atoms with Crippen LogP contribution in [0.3, 0.4) is 0 Å². The number of benzene rings is 1. The van der Waals surface area contributed by atoms with Crippen LogP contribution in [0.1, 0.15) is 6.92 Å². The number of hydrogen-bond acceptors (Lipinski definition) is 4. The highest BCUT2D eigenvalue weighted by Crippen LogP contribution is 2.17. The first-order valence-electron chi connectivity index (χ1n) is 5.43. The molecule has 0 aliphatic heterocycles. The highest BCUT2D eigenvalue weighted by Gasteiger charge is 2.28. The quantitative estimate of drug-likeness (QED) is 0.633. The van der Waals surface area contributed by atoms with Gasteiger partial charge in [0.2, 0.25) is 0 Å². The molecule has 0 saturated carbocycles. The highest BCUT2D eigenvalue weighted by atomic mass is 19.1. The summed E-state index contributed by atoms with van der Waals surface area (Å²) >= 11 is 0. The molecule has 2 N–H and O–H groups in total. The Hall–Kier alpha value is -1.95. The average molecular weight is 254 g/mol. The van der Waals surface area contributed by atoms with Crippen molar-refractivity contribution in [1.29, 1.82) is 0 Å². The van der Waals surface area contributed by atoms with Crippen molar-refractivity contribution in [2.75, 3.05) is 18.6 Å². The number of carbonyl (C=O) groups is 2. The normalized spacial score (nSPS) is 11.8. The number of likely N-dealkylation sites (N-methyl/N-ethyl adjacent to an activating group) is 1. The minimum Gasteiger partial charge on any atom is -0.464 e. The van der Waals surface area contributed by atoms with E-state index in [-0.39, 0.29) is 12.3 Å². The van der Waals surface area contributed by atoms with Gasteiger partial charge in [-0.05, 0) is 19.1 Å². The second kappa shape index (κ2) is 6.11. The van der Waals surface area contributed by atoms with Gasteiger partial charge in [0.1, 0.15) is 5.82 Å². The average Bonchev–Trinajstić information content (AvgIpc) is 2.37. The molecule has 6 heteroatoms. The first kappa shape index (κ1) is 14.1. The predicted octanol–water partition coefficient (Wildman–Crippen LogP) is 0.679. The molecule has 1 amide bonds. The van der Waals surface area contributed by atoms with Crippen molar-refractivity contribution in [3.63, 3.8) is 0 Å². The maximum atomic E-state index is 13.5. The maximum Gasteiger partial charge on any atom is 0.332 e. The number of nitrogens with two attached hydrogens (primary N) is 1. The number of nitrogens with zero attached hydrogens (tertiary/aromatic N) is 1. The van der Waals surface area contributed by atoms with Crippen LogP contribution in [0.25, 0.3) is 0 Å². The summed E-state index contributed by atoms with van der Waals surface area (Å²) in [6, 6.07) is 4.27. The third kappa shape index (κ3) is 3.04. The van der Waals surface area contributed by atoms with E-state index >= 15 is 0 Å². The van der Waals surface area contributed by atoms with Crippen LogP contribution >= 0.6 is 0 Å². The number of hydrogen-bond donors (Lipinski definition) is 1. The fraction of sp³-hybridized carbons (Fsp3) is 0.333. The lowest BCUT2D eigenvalue weighted by atomic mass is 10.2. The third-order valence-electron chi connectivity index (χ3n) is 2.35. The van der Waals surface area contributed by atoms with Crippen LogP contribution in [0.2, 0.25) is 0 Å². The Morgan fingerprint density at radius 3 is 2.61 bits per heavy atom. The number of anilines is 1. The lowest BCUT2D eigenvalue weighted by Crippen LogP contribution is -2.48. The molecule has 98 valence electrons. The molecular weight excluding hydrogens is 239 g/mol. The second-order valence-electron chi connectivity index (χ2n) is 3.58. The lowest BCUT2D eigenvalue weighted by molar-refractivity contribution is -0.147. The summed E-state index contributed by atoms with van der Waals surface area (Å²) in [6.07, 6.45) is 0. The van der Waals surface area contributed by atoms with Gasteiger partial charge in [0.05, 0.1) is 12.3 Å². The van der Waals surface area contributed by atoms with Gasteiger partial charge in [0.25, 0.3) is 5.91 Å². The number of rotatable bonds is 4. The van der Waals surface area contributed by atoms with Crippen LogP contribution in [0.5, 0.6) is 0 Å². The Morgan fingerprint density at radius 1 is 1.44 bits per heavy atom. The SMILES string of the molecule is CCOC(=O)C(N)C(=O)N(C)c1ccccc1F. The van der Waals surface area contributed by atoms with E-state index in [0.717, 1.165) is 4.90 Å². The van der Waals surface area contributed by atoms with Crippen LogP contribution in [0.15, 0.2) is 24.3 Å². The van der Waals surface area contributed by atoms with Crippen LogP contribution in [0, 0.1) is 5.82 Å². The van der Waals surface area contributed by atoms with Crippen LogP contribution in [0.4, 0.5) is 10.1 Å². The van der Waals surface area contributed by atoms with Crippen molar-refractivity contribution in [3.05, 3.63) is 30.1 Å². The fourth-order valence-corrected chi connectivity index (χ4v) is 1.38. The molecule has 1 aromatic rings. The summed E-state index contributed by atoms with van der Waals surface area (Å²) in [4.78, 5) is 24.2. The number of esters is 1. The summed E-state index contributed by atoms with van der Waals surface area (Å²) in [5.74, 6) is -2.12. The molecule has 0 spiro atoms. The Balaban J connectivity index is 2.85. The van der Waals surface area contributed by atoms with Gasteiger partial charge in [-0.2, -0.15) is 0 Å². The zero-order valence-corrected chi connectivity index (χ0v) is 10.2. The van der Waals surface area contributed by atoms with E-state index in [1.165, 1.54) is 25.2 Å². The zero-order valence-electron chi connectivity index (χ0n) is 10.2. The fourth-order valence-electron chi connectivity index (χ4n) is 1.38. The lowest BCUT2D eigenvalue weighted by Gasteiger charge is -2.20. The Morgan fingerprint density at radius 2 is 2.06 bits per heavy atom. The molecule has 1 rings (SSSR count). The molecular formula is C12H15FN2O3. The van der Waals surface area contributed by atoms with Gasteiger partial charge in [-0.25, -0.2) is 9.18 Å². The van der Waals surface area contributed by atoms with Crippen molar-refractivity contribution < 1.29 is 18.7 Å². The van der Waals surface area contributed by atoms with Crippen LogP contribution in [-0.2, 0) is 14.3 Å². The van der Waals surface area contributed by atoms with Crippen LogP contribution < -0.4 is 10.6 Å². The summed E-state index contributed by atoms with van der Waals surface area (Å²) in [5, 5.41) is 0. The smallest absolute Gasteiger partial charge is 0.332 e. The summed E-state index contributed by atoms with van der Waals surface area (Å²) in [6.45, 7) is 1.74. The topological polar surface area (TPSA) is 72.6 Å². The minimum absolute atomic E-state index is 0.0576. The molecule has 1 aromatic carbocycles. The third-order valence-corrected chi connectivity index (χ3v) is 2.35. The Kier molecular flexibility index (Phi) is 4.79. The molecule has 0 fully saturated rings. The van der Waals surface area contributed by atoms with E-state index in [1.54, 1.807) is 13.0 Å². The molecule has 0 aromatic heterocycles. The zero-order chi connectivity index (χ0) is 13.7. The standard InChI is InChI=1S/C12H15FN2O3/c1-3-18-12(17)10(14)11(16)15(2)9-7-5-4-6-8(9)13/h4-7,10H,3,14H2,1-2H3. The van der Waals surface area contributed by atoms with Crippen molar-refractivity contribution in [2.45, 2.75) is 13.0 Å². The van der Waals surface area contributed by atoms with E-state index in [2.05, 4.69) is 4.74 Å². The summed E-state index contributed by atoms with van der Waals surface area (Å²) in [5.41, 5.74) is 5.50. The summed E-state index contributed by atoms with van der Waals surface area (Å²) in [7, 11) is 1.35. The van der Waals surface area contributed by atoms with Crippen molar-refractivity contribution in [3.8, 4) is 0 Å². The van der Waals surface area contributed by atoms with E-state index in [9.17, 15) is 14.0 Å². The monoisotopic (exact) mass is 254 g/mol. The Labute approximate surface area is 104 Å². The van der Waals surface area contributed by atoms with Gasteiger partial charge in [0.15, 0.2) is 6.04 Å². The molecule has 0 heterocycles. The molecule has 18 heavy (non-hydrogen) atoms. The molecule has 0 aliphatic carbocycles. The van der Waals surface area contributed by atoms with Gasteiger partial charge in [-0.3, -0.25) is 4.79 Å². The van der Waals surface area contributed by atoms with Gasteiger partial charge in [-0.1, -0.05) is 12.1 Å². The molecule has 5 nitrogen and oxygen atoms in total. The minimum atomic E-state index is -1.45. The molecule has 0 bridgehead atoms. The van der Waals surface area contributed by atoms with E-state index < -0.39 is 23.7 Å². The van der Waals surface area contributed by atoms with Gasteiger partial charge in [0, 0.05) is 7.05 Å². The largest absolute Gasteiger partial charge is 0.464 e. The van der Waals surface area contributed by atoms with Crippen molar-refractivity contribution in [1.82, 2.24) is 0 Å². The molecule has 0 radical (unpaired) electrons. The molecule has 1 atom stereocenters. The predicted molar refractivity (Wildman–Crippen MR) is 64.4 cm³/mol. The first-order chi connectivity index (χ1) is 8.49. The maximum absolute atomic E-state index is 13.5. The van der Waals surface area contributed by atoms with E-state index in [1.807, 2.05) is 0 Å². The number of para-hydroxylation sites is 1. The highest BCUT2D eigenvalue weighted by molar-refractivity contribution is 6.09. The number of ether oxygens (including phenoxy) is 1. The molecule has 0 aliphatic rings. The van der Waals surface area contributed by atoms with E-state index in [4.69, 9.17) is 5.73 Å². The van der Waals surface area contributed by atoms with Crippen molar-refractivity contribution >= 4 is 17.6 Å². The van der Waals surface area contributed by atoms with Gasteiger partial charge in [-0.15, -0.1) is 0 Å². The van der Waals surface area contributed by atoms with Crippen molar-refractivity contribution in [2.24, 2.45) is 5.73 Å². The summed E-state index contributed by atoms with van der Waals surface area (Å²) < 4.78 is 18.1. The van der Waals surface area contributed by atoms with Gasteiger partial charge >= 0.3 is 5.97 Å². The Bertz CT molecular complexity index is 451. The molecule has 0 saturated heterocycles. The van der Waals surface area contributed by atoms with E-state index in [0.29, 0.717) is 0 Å².